The smallest absolute Gasteiger partial charge is 0.257 e. The van der Waals surface area contributed by atoms with Gasteiger partial charge in [-0.05, 0) is 67.6 Å². The average Bonchev–Trinajstić information content (AvgIpc) is 3.19. The van der Waals surface area contributed by atoms with E-state index in [-0.39, 0.29) is 37.0 Å². The van der Waals surface area contributed by atoms with Gasteiger partial charge in [0.2, 0.25) is 5.91 Å². The molecule has 29 heavy (non-hydrogen) atoms. The van der Waals surface area contributed by atoms with Gasteiger partial charge in [0.25, 0.3) is 5.91 Å². The van der Waals surface area contributed by atoms with Gasteiger partial charge >= 0.3 is 0 Å². The number of ketones is 1. The van der Waals surface area contributed by atoms with Crippen LogP contribution in [0.2, 0.25) is 0 Å². The highest BCUT2D eigenvalue weighted by molar-refractivity contribution is 6.00. The van der Waals surface area contributed by atoms with E-state index >= 15 is 0 Å². The summed E-state index contributed by atoms with van der Waals surface area (Å²) in [5, 5.41) is 5.43. The molecule has 0 bridgehead atoms. The largest absolute Gasteiger partial charge is 0.484 e. The number of benzene rings is 2. The standard InChI is InChI=1S/C23H26N2O4/c1-2-24-23(28)15-29-20-10-8-19(9-11-20)25-22(27)13-12-21(26)18-7-6-16-4-3-5-17(16)14-18/h6-11,14H,2-5,12-13,15H2,1H3,(H,24,28)(H,25,27). The fraction of sp³-hybridized carbons (Fsp3) is 0.348. The number of rotatable bonds is 9. The van der Waals surface area contributed by atoms with Crippen LogP contribution in [0.5, 0.6) is 5.75 Å². The van der Waals surface area contributed by atoms with E-state index in [1.807, 2.05) is 25.1 Å². The highest BCUT2D eigenvalue weighted by Gasteiger charge is 2.15. The molecule has 0 saturated carbocycles. The lowest BCUT2D eigenvalue weighted by molar-refractivity contribution is -0.123. The van der Waals surface area contributed by atoms with Crippen LogP contribution < -0.4 is 15.4 Å². The third-order valence-electron chi connectivity index (χ3n) is 4.88. The minimum absolute atomic E-state index is 0.0102. The Morgan fingerprint density at radius 1 is 0.931 bits per heavy atom. The van der Waals surface area contributed by atoms with Crippen molar-refractivity contribution in [1.29, 1.82) is 0 Å². The van der Waals surface area contributed by atoms with Gasteiger partial charge in [-0.1, -0.05) is 12.1 Å². The second-order valence-electron chi connectivity index (χ2n) is 7.07. The van der Waals surface area contributed by atoms with Gasteiger partial charge in [-0.25, -0.2) is 0 Å². The first-order valence-electron chi connectivity index (χ1n) is 9.99. The molecular weight excluding hydrogens is 368 g/mol. The maximum Gasteiger partial charge on any atom is 0.257 e. The number of Topliss-reactive ketones (excluding diaryl/α,β-unsaturated/α-hetero) is 1. The van der Waals surface area contributed by atoms with Gasteiger partial charge in [0.1, 0.15) is 5.75 Å². The van der Waals surface area contributed by atoms with E-state index in [0.29, 0.717) is 23.5 Å². The van der Waals surface area contributed by atoms with Gasteiger partial charge in [0, 0.05) is 30.6 Å². The number of nitrogens with one attached hydrogen (secondary N) is 2. The number of aryl methyl sites for hydroxylation is 2. The average molecular weight is 394 g/mol. The van der Waals surface area contributed by atoms with Crippen molar-refractivity contribution in [3.8, 4) is 5.75 Å². The number of likely N-dealkylation sites (N-methyl/N-ethyl adjacent to an activating group) is 1. The number of ether oxygens (including phenoxy) is 1. The van der Waals surface area contributed by atoms with Crippen molar-refractivity contribution in [3.63, 3.8) is 0 Å². The van der Waals surface area contributed by atoms with E-state index in [0.717, 1.165) is 19.3 Å². The van der Waals surface area contributed by atoms with Gasteiger partial charge in [0.15, 0.2) is 12.4 Å². The van der Waals surface area contributed by atoms with Crippen LogP contribution in [-0.2, 0) is 22.4 Å². The van der Waals surface area contributed by atoms with E-state index in [2.05, 4.69) is 10.6 Å². The van der Waals surface area contributed by atoms with Crippen LogP contribution >= 0.6 is 0 Å². The molecular formula is C23H26N2O4. The van der Waals surface area contributed by atoms with Crippen LogP contribution in [0.4, 0.5) is 5.69 Å². The highest BCUT2D eigenvalue weighted by atomic mass is 16.5. The lowest BCUT2D eigenvalue weighted by Gasteiger charge is -2.08. The Balaban J connectivity index is 1.44. The molecule has 0 unspecified atom stereocenters. The number of carbonyl (C=O) groups is 3. The van der Waals surface area contributed by atoms with Crippen molar-refractivity contribution in [2.45, 2.75) is 39.0 Å². The summed E-state index contributed by atoms with van der Waals surface area (Å²) in [5.74, 6) is 0.137. The normalized spacial score (nSPS) is 12.2. The SMILES string of the molecule is CCNC(=O)COc1ccc(NC(=O)CCC(=O)c2ccc3c(c2)CCC3)cc1. The molecule has 2 aromatic rings. The Labute approximate surface area is 170 Å². The predicted molar refractivity (Wildman–Crippen MR) is 111 cm³/mol. The molecule has 6 nitrogen and oxygen atoms in total. The summed E-state index contributed by atoms with van der Waals surface area (Å²) < 4.78 is 5.37. The van der Waals surface area contributed by atoms with Crippen LogP contribution in [0.3, 0.4) is 0 Å². The molecule has 0 heterocycles. The molecule has 6 heteroatoms. The number of hydrogen-bond acceptors (Lipinski definition) is 4. The van der Waals surface area contributed by atoms with E-state index in [1.54, 1.807) is 24.3 Å². The van der Waals surface area contributed by atoms with E-state index in [9.17, 15) is 14.4 Å². The third-order valence-corrected chi connectivity index (χ3v) is 4.88. The second-order valence-corrected chi connectivity index (χ2v) is 7.07. The Kier molecular flexibility index (Phi) is 7.00. The summed E-state index contributed by atoms with van der Waals surface area (Å²) in [6.07, 6.45) is 3.57. The fourth-order valence-electron chi connectivity index (χ4n) is 3.37. The molecule has 2 aromatic carbocycles. The third kappa shape index (κ3) is 5.91. The molecule has 3 rings (SSSR count). The van der Waals surface area contributed by atoms with Gasteiger partial charge in [-0.3, -0.25) is 14.4 Å². The quantitative estimate of drug-likeness (QED) is 0.639. The van der Waals surface area contributed by atoms with Crippen molar-refractivity contribution in [3.05, 3.63) is 59.2 Å². The molecule has 0 saturated heterocycles. The van der Waals surface area contributed by atoms with Crippen molar-refractivity contribution in [2.75, 3.05) is 18.5 Å². The number of amides is 2. The Hall–Kier alpha value is -3.15. The van der Waals surface area contributed by atoms with E-state index in [1.165, 1.54) is 11.1 Å². The zero-order valence-corrected chi connectivity index (χ0v) is 16.6. The van der Waals surface area contributed by atoms with Crippen LogP contribution in [0, 0.1) is 0 Å². The molecule has 0 spiro atoms. The molecule has 1 aliphatic carbocycles. The van der Waals surface area contributed by atoms with E-state index < -0.39 is 0 Å². The van der Waals surface area contributed by atoms with Gasteiger partial charge in [0.05, 0.1) is 0 Å². The minimum atomic E-state index is -0.212. The van der Waals surface area contributed by atoms with Crippen LogP contribution in [0.15, 0.2) is 42.5 Å². The minimum Gasteiger partial charge on any atom is -0.484 e. The summed E-state index contributed by atoms with van der Waals surface area (Å²) in [6.45, 7) is 2.35. The van der Waals surface area contributed by atoms with Crippen molar-refractivity contribution in [1.82, 2.24) is 5.32 Å². The summed E-state index contributed by atoms with van der Waals surface area (Å²) in [4.78, 5) is 35.9. The molecule has 0 radical (unpaired) electrons. The zero-order valence-electron chi connectivity index (χ0n) is 16.6. The van der Waals surface area contributed by atoms with Crippen molar-refractivity contribution in [2.24, 2.45) is 0 Å². The topological polar surface area (TPSA) is 84.5 Å². The first kappa shape index (κ1) is 20.6. The summed E-state index contributed by atoms with van der Waals surface area (Å²) in [7, 11) is 0. The van der Waals surface area contributed by atoms with Crippen LogP contribution in [0.25, 0.3) is 0 Å². The lowest BCUT2D eigenvalue weighted by Crippen LogP contribution is -2.28. The first-order valence-corrected chi connectivity index (χ1v) is 9.99. The summed E-state index contributed by atoms with van der Waals surface area (Å²) in [6, 6.07) is 12.6. The van der Waals surface area contributed by atoms with Crippen molar-refractivity contribution >= 4 is 23.3 Å². The maximum atomic E-state index is 12.4. The molecule has 0 atom stereocenters. The van der Waals surface area contributed by atoms with Gasteiger partial charge in [-0.2, -0.15) is 0 Å². The van der Waals surface area contributed by atoms with Crippen LogP contribution in [0.1, 0.15) is 47.7 Å². The van der Waals surface area contributed by atoms with Crippen LogP contribution in [-0.4, -0.2) is 30.7 Å². The summed E-state index contributed by atoms with van der Waals surface area (Å²) in [5.41, 5.74) is 3.89. The first-order chi connectivity index (χ1) is 14.0. The Morgan fingerprint density at radius 2 is 1.69 bits per heavy atom. The monoisotopic (exact) mass is 394 g/mol. The highest BCUT2D eigenvalue weighted by Crippen LogP contribution is 2.23. The molecule has 0 fully saturated rings. The molecule has 1 aliphatic rings. The molecule has 0 aromatic heterocycles. The second kappa shape index (κ2) is 9.87. The maximum absolute atomic E-state index is 12.4. The molecule has 2 amide bonds. The van der Waals surface area contributed by atoms with E-state index in [4.69, 9.17) is 4.74 Å². The van der Waals surface area contributed by atoms with Gasteiger partial charge in [-0.15, -0.1) is 0 Å². The lowest BCUT2D eigenvalue weighted by atomic mass is 10.0. The number of fused-ring (bicyclic) bond motifs is 1. The fourth-order valence-corrected chi connectivity index (χ4v) is 3.37. The Bertz CT molecular complexity index is 890. The molecule has 152 valence electrons. The van der Waals surface area contributed by atoms with Crippen molar-refractivity contribution < 1.29 is 19.1 Å². The number of anilines is 1. The molecule has 0 aliphatic heterocycles. The number of carbonyl (C=O) groups excluding carboxylic acids is 3. The van der Waals surface area contributed by atoms with Gasteiger partial charge < -0.3 is 15.4 Å². The molecule has 2 N–H and O–H groups in total. The predicted octanol–water partition coefficient (Wildman–Crippen LogP) is 3.29. The summed E-state index contributed by atoms with van der Waals surface area (Å²) >= 11 is 0. The Morgan fingerprint density at radius 3 is 2.45 bits per heavy atom. The number of hydrogen-bond donors (Lipinski definition) is 2. The zero-order chi connectivity index (χ0) is 20.6.